The topological polar surface area (TPSA) is 66.9 Å². The minimum Gasteiger partial charge on any atom is -0.353 e. The van der Waals surface area contributed by atoms with Crippen LogP contribution in [0.2, 0.25) is 0 Å². The summed E-state index contributed by atoms with van der Waals surface area (Å²) in [4.78, 5) is 27.7. The number of carbonyl (C=O) groups excluding carboxylic acids is 1. The van der Waals surface area contributed by atoms with Crippen molar-refractivity contribution < 1.29 is 18.0 Å². The number of para-hydroxylation sites is 1. The summed E-state index contributed by atoms with van der Waals surface area (Å²) in [6, 6.07) is 7.05. The zero-order valence-corrected chi connectivity index (χ0v) is 17.5. The lowest BCUT2D eigenvalue weighted by atomic mass is 9.85. The van der Waals surface area contributed by atoms with Gasteiger partial charge in [0.15, 0.2) is 4.77 Å². The van der Waals surface area contributed by atoms with Crippen LogP contribution in [0.5, 0.6) is 0 Å². The van der Waals surface area contributed by atoms with Gasteiger partial charge in [-0.15, -0.1) is 0 Å². The molecule has 1 heterocycles. The highest BCUT2D eigenvalue weighted by Gasteiger charge is 2.41. The highest BCUT2D eigenvalue weighted by atomic mass is 32.1. The lowest BCUT2D eigenvalue weighted by Gasteiger charge is -2.30. The van der Waals surface area contributed by atoms with E-state index in [4.69, 9.17) is 12.2 Å². The number of rotatable bonds is 7. The van der Waals surface area contributed by atoms with Crippen molar-refractivity contribution in [3.8, 4) is 0 Å². The predicted octanol–water partition coefficient (Wildman–Crippen LogP) is 4.86. The van der Waals surface area contributed by atoms with Crippen LogP contribution >= 0.6 is 12.2 Å². The van der Waals surface area contributed by atoms with Crippen LogP contribution in [0.25, 0.3) is 10.9 Å². The van der Waals surface area contributed by atoms with Gasteiger partial charge >= 0.3 is 6.18 Å². The fourth-order valence-electron chi connectivity index (χ4n) is 4.00. The highest BCUT2D eigenvalue weighted by Crippen LogP contribution is 2.37. The van der Waals surface area contributed by atoms with Gasteiger partial charge in [-0.1, -0.05) is 18.6 Å². The monoisotopic (exact) mass is 441 g/mol. The Labute approximate surface area is 177 Å². The number of aromatic amines is 1. The summed E-state index contributed by atoms with van der Waals surface area (Å²) in [6.45, 7) is 0.474. The fourth-order valence-corrected chi connectivity index (χ4v) is 4.28. The molecule has 164 valence electrons. The minimum atomic E-state index is -4.13. The largest absolute Gasteiger partial charge is 0.391 e. The minimum absolute atomic E-state index is 0.0788. The summed E-state index contributed by atoms with van der Waals surface area (Å²) < 4.78 is 40.0. The zero-order chi connectivity index (χ0) is 21.7. The van der Waals surface area contributed by atoms with Crippen LogP contribution in [0, 0.1) is 10.7 Å². The van der Waals surface area contributed by atoms with Crippen molar-refractivity contribution in [1.82, 2.24) is 14.9 Å². The van der Waals surface area contributed by atoms with Gasteiger partial charge in [-0.25, -0.2) is 0 Å². The van der Waals surface area contributed by atoms with Gasteiger partial charge in [0, 0.05) is 19.0 Å². The molecule has 9 heteroatoms. The van der Waals surface area contributed by atoms with E-state index in [0.29, 0.717) is 54.3 Å². The number of unbranched alkanes of at least 4 members (excludes halogenated alkanes) is 2. The third-order valence-corrected chi connectivity index (χ3v) is 6.05. The summed E-state index contributed by atoms with van der Waals surface area (Å²) in [5.74, 6) is -1.36. The second kappa shape index (κ2) is 9.76. The van der Waals surface area contributed by atoms with Gasteiger partial charge in [-0.2, -0.15) is 13.2 Å². The van der Waals surface area contributed by atoms with Gasteiger partial charge < -0.3 is 10.3 Å². The first-order valence-corrected chi connectivity index (χ1v) is 10.7. The molecule has 0 atom stereocenters. The number of benzene rings is 1. The predicted molar refractivity (Wildman–Crippen MR) is 112 cm³/mol. The van der Waals surface area contributed by atoms with Crippen molar-refractivity contribution in [3.63, 3.8) is 0 Å². The van der Waals surface area contributed by atoms with Crippen LogP contribution in [0.1, 0.15) is 51.4 Å². The number of nitrogens with one attached hydrogen (secondary N) is 2. The lowest BCUT2D eigenvalue weighted by molar-refractivity contribution is -0.182. The molecule has 1 aliphatic carbocycles. The SMILES string of the molecule is O=C(CCCCCn1c(=S)[nH]c2ccccc2c1=O)NC1CCC(C(F)(F)F)CC1. The Bertz CT molecular complexity index is 991. The van der Waals surface area contributed by atoms with E-state index in [2.05, 4.69) is 10.3 Å². The molecule has 1 fully saturated rings. The average molecular weight is 442 g/mol. The fraction of sp³-hybridized carbons (Fsp3) is 0.571. The maximum atomic E-state index is 12.7. The molecule has 3 rings (SSSR count). The second-order valence-electron chi connectivity index (χ2n) is 7.90. The molecule has 1 saturated carbocycles. The molecule has 1 aromatic carbocycles. The van der Waals surface area contributed by atoms with Gasteiger partial charge in [0.2, 0.25) is 5.91 Å². The second-order valence-corrected chi connectivity index (χ2v) is 8.29. The Kier molecular flexibility index (Phi) is 7.33. The van der Waals surface area contributed by atoms with Crippen molar-refractivity contribution in [2.75, 3.05) is 0 Å². The molecular weight excluding hydrogens is 415 g/mol. The summed E-state index contributed by atoms with van der Waals surface area (Å²) in [5, 5.41) is 3.44. The van der Waals surface area contributed by atoms with Crippen LogP contribution in [-0.2, 0) is 11.3 Å². The van der Waals surface area contributed by atoms with Crippen LogP contribution < -0.4 is 10.9 Å². The van der Waals surface area contributed by atoms with Crippen molar-refractivity contribution in [2.45, 2.75) is 70.1 Å². The van der Waals surface area contributed by atoms with E-state index in [9.17, 15) is 22.8 Å². The number of fused-ring (bicyclic) bond motifs is 1. The van der Waals surface area contributed by atoms with Crippen LogP contribution in [-0.4, -0.2) is 27.7 Å². The molecule has 1 aliphatic rings. The standard InChI is InChI=1S/C21H26F3N3O2S/c22-21(23,24)14-9-11-15(12-10-14)25-18(28)8-2-1-5-13-27-19(29)16-6-3-4-7-17(16)26-20(27)30/h3-4,6-7,14-15H,1-2,5,8-13H2,(H,25,28)(H,26,30). The molecule has 0 radical (unpaired) electrons. The van der Waals surface area contributed by atoms with E-state index in [1.165, 1.54) is 4.57 Å². The van der Waals surface area contributed by atoms with E-state index < -0.39 is 12.1 Å². The quantitative estimate of drug-likeness (QED) is 0.477. The smallest absolute Gasteiger partial charge is 0.353 e. The summed E-state index contributed by atoms with van der Waals surface area (Å²) in [5.41, 5.74) is 0.589. The third-order valence-electron chi connectivity index (χ3n) is 5.73. The van der Waals surface area contributed by atoms with Gasteiger partial charge in [-0.05, 0) is 62.9 Å². The number of hydrogen-bond acceptors (Lipinski definition) is 3. The molecule has 0 unspecified atom stereocenters. The Morgan fingerprint density at radius 3 is 2.53 bits per heavy atom. The van der Waals surface area contributed by atoms with Crippen LogP contribution in [0.15, 0.2) is 29.1 Å². The van der Waals surface area contributed by atoms with Gasteiger partial charge in [0.05, 0.1) is 16.8 Å². The molecule has 1 amide bonds. The average Bonchev–Trinajstić information content (AvgIpc) is 2.69. The maximum absolute atomic E-state index is 12.7. The highest BCUT2D eigenvalue weighted by molar-refractivity contribution is 7.71. The number of halogens is 3. The third kappa shape index (κ3) is 5.71. The van der Waals surface area contributed by atoms with E-state index >= 15 is 0 Å². The molecule has 0 saturated heterocycles. The van der Waals surface area contributed by atoms with Gasteiger partial charge in [0.1, 0.15) is 0 Å². The Morgan fingerprint density at radius 1 is 1.13 bits per heavy atom. The summed E-state index contributed by atoms with van der Waals surface area (Å²) >= 11 is 5.28. The number of carbonyl (C=O) groups is 1. The number of H-pyrrole nitrogens is 1. The Hall–Kier alpha value is -2.16. The van der Waals surface area contributed by atoms with E-state index in [1.807, 2.05) is 12.1 Å². The van der Waals surface area contributed by atoms with Crippen molar-refractivity contribution in [2.24, 2.45) is 5.92 Å². The molecule has 2 aromatic rings. The summed E-state index contributed by atoms with van der Waals surface area (Å²) in [7, 11) is 0. The molecule has 0 aliphatic heterocycles. The van der Waals surface area contributed by atoms with Crippen molar-refractivity contribution >= 4 is 29.0 Å². The summed E-state index contributed by atoms with van der Waals surface area (Å²) in [6.07, 6.45) is -0.781. The lowest BCUT2D eigenvalue weighted by Crippen LogP contribution is -2.39. The van der Waals surface area contributed by atoms with Gasteiger partial charge in [-0.3, -0.25) is 14.2 Å². The maximum Gasteiger partial charge on any atom is 0.391 e. The van der Waals surface area contributed by atoms with Crippen LogP contribution in [0.4, 0.5) is 13.2 Å². The first-order chi connectivity index (χ1) is 14.3. The number of amides is 1. The number of hydrogen-bond donors (Lipinski definition) is 2. The normalized spacial score (nSPS) is 19.7. The molecule has 1 aromatic heterocycles. The molecule has 2 N–H and O–H groups in total. The molecule has 0 bridgehead atoms. The molecule has 0 spiro atoms. The Morgan fingerprint density at radius 2 is 1.83 bits per heavy atom. The van der Waals surface area contributed by atoms with Crippen LogP contribution in [0.3, 0.4) is 0 Å². The van der Waals surface area contributed by atoms with Crippen molar-refractivity contribution in [3.05, 3.63) is 39.4 Å². The molecular formula is C21H26F3N3O2S. The van der Waals surface area contributed by atoms with Gasteiger partial charge in [0.25, 0.3) is 5.56 Å². The van der Waals surface area contributed by atoms with E-state index in [1.54, 1.807) is 12.1 Å². The van der Waals surface area contributed by atoms with Crippen molar-refractivity contribution in [1.29, 1.82) is 0 Å². The Balaban J connectivity index is 1.39. The molecule has 5 nitrogen and oxygen atoms in total. The first kappa shape index (κ1) is 22.5. The van der Waals surface area contributed by atoms with E-state index in [-0.39, 0.29) is 30.3 Å². The number of nitrogens with zero attached hydrogens (tertiary/aromatic N) is 1. The zero-order valence-electron chi connectivity index (χ0n) is 16.6. The number of aromatic nitrogens is 2. The van der Waals surface area contributed by atoms with E-state index in [0.717, 1.165) is 6.42 Å². The molecule has 30 heavy (non-hydrogen) atoms. The first-order valence-electron chi connectivity index (χ1n) is 10.3. The number of alkyl halides is 3.